The van der Waals surface area contributed by atoms with Crippen LogP contribution in [0.5, 0.6) is 0 Å². The summed E-state index contributed by atoms with van der Waals surface area (Å²) in [7, 11) is 0. The van der Waals surface area contributed by atoms with E-state index >= 15 is 0 Å². The first-order valence-electron chi connectivity index (χ1n) is 4.99. The van der Waals surface area contributed by atoms with E-state index in [0.717, 1.165) is 12.8 Å². The molecular weight excluding hydrogens is 317 g/mol. The minimum atomic E-state index is 1.10. The lowest BCUT2D eigenvalue weighted by Gasteiger charge is -2.14. The molecule has 0 bridgehead atoms. The van der Waals surface area contributed by atoms with E-state index < -0.39 is 0 Å². The smallest absolute Gasteiger partial charge is 0.0903 e. The Balaban J connectivity index is 2.25. The Kier molecular flexibility index (Phi) is 2.32. The van der Waals surface area contributed by atoms with Crippen molar-refractivity contribution in [3.63, 3.8) is 0 Å². The summed E-state index contributed by atoms with van der Waals surface area (Å²) in [5, 5.41) is 1.19. The van der Waals surface area contributed by atoms with E-state index in [2.05, 4.69) is 52.7 Å². The van der Waals surface area contributed by atoms with E-state index in [1.807, 2.05) is 11.3 Å². The van der Waals surface area contributed by atoms with E-state index in [1.165, 1.54) is 30.3 Å². The third-order valence-corrected chi connectivity index (χ3v) is 4.46. The number of hydrogen-bond donors (Lipinski definition) is 0. The van der Waals surface area contributed by atoms with Crippen LogP contribution in [0.1, 0.15) is 16.3 Å². The fourth-order valence-corrected chi connectivity index (χ4v) is 3.68. The standard InChI is InChI=1S/C12H10INS/c1-7-14-11-5-2-8-6-9(13)3-4-10(8)12(11)15-7/h3-4,6H,2,5H2,1H3. The third-order valence-electron chi connectivity index (χ3n) is 2.75. The molecular formula is C12H10INS. The molecule has 15 heavy (non-hydrogen) atoms. The van der Waals surface area contributed by atoms with Gasteiger partial charge in [0.2, 0.25) is 0 Å². The second kappa shape index (κ2) is 3.56. The summed E-state index contributed by atoms with van der Waals surface area (Å²) >= 11 is 4.20. The molecule has 3 rings (SSSR count). The lowest BCUT2D eigenvalue weighted by Crippen LogP contribution is -2.02. The molecule has 0 fully saturated rings. The Hall–Kier alpha value is -0.420. The van der Waals surface area contributed by atoms with E-state index in [0.29, 0.717) is 0 Å². The lowest BCUT2D eigenvalue weighted by molar-refractivity contribution is 0.904. The highest BCUT2D eigenvalue weighted by molar-refractivity contribution is 14.1. The number of fused-ring (bicyclic) bond motifs is 3. The zero-order valence-corrected chi connectivity index (χ0v) is 11.4. The molecule has 1 aliphatic carbocycles. The summed E-state index contributed by atoms with van der Waals surface area (Å²) < 4.78 is 1.33. The summed E-state index contributed by atoms with van der Waals surface area (Å²) in [5.74, 6) is 0. The summed E-state index contributed by atoms with van der Waals surface area (Å²) in [6.45, 7) is 2.09. The molecule has 1 aromatic carbocycles. The molecule has 1 nitrogen and oxygen atoms in total. The normalized spacial score (nSPS) is 13.5. The molecule has 0 aliphatic heterocycles. The Morgan fingerprint density at radius 3 is 3.07 bits per heavy atom. The van der Waals surface area contributed by atoms with Crippen LogP contribution in [0.25, 0.3) is 10.4 Å². The van der Waals surface area contributed by atoms with Gasteiger partial charge < -0.3 is 0 Å². The minimum Gasteiger partial charge on any atom is -0.246 e. The topological polar surface area (TPSA) is 12.9 Å². The summed E-state index contributed by atoms with van der Waals surface area (Å²) in [6.07, 6.45) is 2.25. The maximum atomic E-state index is 4.59. The third kappa shape index (κ3) is 1.61. The van der Waals surface area contributed by atoms with Gasteiger partial charge in [0.25, 0.3) is 0 Å². The van der Waals surface area contributed by atoms with Crippen LogP contribution < -0.4 is 0 Å². The van der Waals surface area contributed by atoms with E-state index in [4.69, 9.17) is 0 Å². The average molecular weight is 327 g/mol. The molecule has 1 aliphatic rings. The lowest BCUT2D eigenvalue weighted by atomic mass is 9.94. The second-order valence-corrected chi connectivity index (χ2v) is 6.26. The monoisotopic (exact) mass is 327 g/mol. The van der Waals surface area contributed by atoms with Crippen LogP contribution in [0.15, 0.2) is 18.2 Å². The van der Waals surface area contributed by atoms with Crippen LogP contribution in [-0.4, -0.2) is 4.98 Å². The van der Waals surface area contributed by atoms with Gasteiger partial charge in [-0.2, -0.15) is 0 Å². The number of thiazole rings is 1. The molecule has 2 aromatic rings. The molecule has 1 heterocycles. The number of aromatic nitrogens is 1. The quantitative estimate of drug-likeness (QED) is 0.671. The van der Waals surface area contributed by atoms with Crippen LogP contribution in [0.4, 0.5) is 0 Å². The molecule has 0 saturated heterocycles. The molecule has 3 heteroatoms. The molecule has 0 radical (unpaired) electrons. The van der Waals surface area contributed by atoms with Crippen LogP contribution >= 0.6 is 33.9 Å². The summed E-state index contributed by atoms with van der Waals surface area (Å²) in [6, 6.07) is 6.73. The predicted octanol–water partition coefficient (Wildman–Crippen LogP) is 3.82. The fraction of sp³-hybridized carbons (Fsp3) is 0.250. The van der Waals surface area contributed by atoms with Gasteiger partial charge in [0.05, 0.1) is 15.6 Å². The Morgan fingerprint density at radius 1 is 1.33 bits per heavy atom. The van der Waals surface area contributed by atoms with Crippen LogP contribution in [0.2, 0.25) is 0 Å². The second-order valence-electron chi connectivity index (χ2n) is 3.81. The van der Waals surface area contributed by atoms with Crippen LogP contribution in [0.3, 0.4) is 0 Å². The maximum absolute atomic E-state index is 4.59. The molecule has 0 atom stereocenters. The average Bonchev–Trinajstić information content (AvgIpc) is 2.58. The molecule has 0 N–H and O–H groups in total. The van der Waals surface area contributed by atoms with Gasteiger partial charge in [0.1, 0.15) is 0 Å². The number of nitrogens with zero attached hydrogens (tertiary/aromatic N) is 1. The van der Waals surface area contributed by atoms with Gasteiger partial charge in [-0.15, -0.1) is 11.3 Å². The van der Waals surface area contributed by atoms with Crippen molar-refractivity contribution in [1.82, 2.24) is 4.98 Å². The highest BCUT2D eigenvalue weighted by Gasteiger charge is 2.19. The van der Waals surface area contributed by atoms with Gasteiger partial charge in [0.15, 0.2) is 0 Å². The van der Waals surface area contributed by atoms with Crippen LogP contribution in [-0.2, 0) is 12.8 Å². The molecule has 0 amide bonds. The Bertz CT molecular complexity index is 530. The van der Waals surface area contributed by atoms with Gasteiger partial charge in [0, 0.05) is 3.57 Å². The molecule has 1 aromatic heterocycles. The van der Waals surface area contributed by atoms with Crippen molar-refractivity contribution in [1.29, 1.82) is 0 Å². The van der Waals surface area contributed by atoms with Crippen molar-refractivity contribution in [2.75, 3.05) is 0 Å². The van der Waals surface area contributed by atoms with Crippen molar-refractivity contribution in [3.05, 3.63) is 38.0 Å². The van der Waals surface area contributed by atoms with Gasteiger partial charge >= 0.3 is 0 Å². The van der Waals surface area contributed by atoms with Gasteiger partial charge in [-0.3, -0.25) is 0 Å². The number of aryl methyl sites for hydroxylation is 3. The summed E-state index contributed by atoms with van der Waals surface area (Å²) in [4.78, 5) is 5.98. The SMILES string of the molecule is Cc1nc2c(s1)-c1ccc(I)cc1CC2. The predicted molar refractivity (Wildman–Crippen MR) is 72.4 cm³/mol. The molecule has 76 valence electrons. The first kappa shape index (κ1) is 9.78. The number of halogens is 1. The summed E-state index contributed by atoms with van der Waals surface area (Å²) in [5.41, 5.74) is 4.19. The zero-order chi connectivity index (χ0) is 10.4. The first-order valence-corrected chi connectivity index (χ1v) is 6.88. The van der Waals surface area contributed by atoms with Crippen LogP contribution in [0, 0.1) is 10.5 Å². The van der Waals surface area contributed by atoms with Gasteiger partial charge in [-0.05, 0) is 65.6 Å². The number of benzene rings is 1. The highest BCUT2D eigenvalue weighted by Crippen LogP contribution is 2.37. The van der Waals surface area contributed by atoms with E-state index in [1.54, 1.807) is 0 Å². The largest absolute Gasteiger partial charge is 0.246 e. The zero-order valence-electron chi connectivity index (χ0n) is 8.38. The van der Waals surface area contributed by atoms with Crippen molar-refractivity contribution in [3.8, 4) is 10.4 Å². The highest BCUT2D eigenvalue weighted by atomic mass is 127. The van der Waals surface area contributed by atoms with Crippen molar-refractivity contribution >= 4 is 33.9 Å². The number of hydrogen-bond acceptors (Lipinski definition) is 2. The number of rotatable bonds is 0. The van der Waals surface area contributed by atoms with Crippen molar-refractivity contribution in [2.24, 2.45) is 0 Å². The molecule has 0 saturated carbocycles. The molecule has 0 spiro atoms. The Labute approximate surface area is 107 Å². The van der Waals surface area contributed by atoms with Crippen molar-refractivity contribution < 1.29 is 0 Å². The fourth-order valence-electron chi connectivity index (χ4n) is 2.09. The minimum absolute atomic E-state index is 1.10. The molecule has 0 unspecified atom stereocenters. The first-order chi connectivity index (χ1) is 7.24. The van der Waals surface area contributed by atoms with Gasteiger partial charge in [-0.25, -0.2) is 4.98 Å². The van der Waals surface area contributed by atoms with E-state index in [9.17, 15) is 0 Å². The van der Waals surface area contributed by atoms with Gasteiger partial charge in [-0.1, -0.05) is 6.07 Å². The van der Waals surface area contributed by atoms with E-state index in [-0.39, 0.29) is 0 Å². The Morgan fingerprint density at radius 2 is 2.20 bits per heavy atom. The van der Waals surface area contributed by atoms with Crippen molar-refractivity contribution in [2.45, 2.75) is 19.8 Å². The maximum Gasteiger partial charge on any atom is 0.0903 e.